The molecule has 0 saturated heterocycles. The van der Waals surface area contributed by atoms with Crippen LogP contribution >= 0.6 is 0 Å². The van der Waals surface area contributed by atoms with Crippen LogP contribution in [-0.2, 0) is 29.1 Å². The van der Waals surface area contributed by atoms with Crippen LogP contribution in [0.15, 0.2) is 11.5 Å². The van der Waals surface area contributed by atoms with Gasteiger partial charge in [0.1, 0.15) is 11.2 Å². The summed E-state index contributed by atoms with van der Waals surface area (Å²) in [6.07, 6.45) is 0. The second kappa shape index (κ2) is 6.58. The highest BCUT2D eigenvalue weighted by molar-refractivity contribution is 5.95. The van der Waals surface area contributed by atoms with Crippen LogP contribution in [0.3, 0.4) is 0 Å². The van der Waals surface area contributed by atoms with E-state index in [1.54, 1.807) is 41.5 Å². The zero-order valence-electron chi connectivity index (χ0n) is 12.3. The summed E-state index contributed by atoms with van der Waals surface area (Å²) in [5, 5.41) is 17.9. The molecule has 20 heavy (non-hydrogen) atoms. The van der Waals surface area contributed by atoms with Gasteiger partial charge in [-0.25, -0.2) is 9.59 Å². The second-order valence-corrected chi connectivity index (χ2v) is 5.83. The third kappa shape index (κ3) is 7.59. The molecule has 8 heteroatoms. The van der Waals surface area contributed by atoms with Crippen molar-refractivity contribution >= 4 is 11.9 Å². The maximum absolute atomic E-state index is 11.0. The smallest absolute Gasteiger partial charge is 0.379 e. The number of carboxylic acid groups (broad SMARTS) is 2. The predicted octanol–water partition coefficient (Wildman–Crippen LogP) is 1.86. The van der Waals surface area contributed by atoms with Gasteiger partial charge < -0.3 is 20.0 Å². The molecule has 2 N–H and O–H groups in total. The van der Waals surface area contributed by atoms with Gasteiger partial charge in [0, 0.05) is 0 Å². The Morgan fingerprint density at radius 2 is 0.950 bits per heavy atom. The summed E-state index contributed by atoms with van der Waals surface area (Å²) in [5.41, 5.74) is -1.68. The molecule has 0 fully saturated rings. The summed E-state index contributed by atoms with van der Waals surface area (Å²) in [7, 11) is 0. The number of aliphatic carboxylic acids is 2. The number of hydrogen-bond donors (Lipinski definition) is 2. The van der Waals surface area contributed by atoms with E-state index >= 15 is 0 Å². The number of hydrogen-bond acceptors (Lipinski definition) is 6. The standard InChI is InChI=1S/C12H20O8/c1-11(2,3)19-17-7(9(13)14)8(10(15)16)18-20-12(4,5)6/h1-6H3,(H,13,14)(H,15,16)/b8-7+. The van der Waals surface area contributed by atoms with E-state index in [-0.39, 0.29) is 0 Å². The first-order valence-corrected chi connectivity index (χ1v) is 5.76. The van der Waals surface area contributed by atoms with Crippen molar-refractivity contribution in [2.45, 2.75) is 52.7 Å². The van der Waals surface area contributed by atoms with E-state index in [4.69, 9.17) is 20.0 Å². The molecule has 0 aliphatic carbocycles. The van der Waals surface area contributed by atoms with Crippen LogP contribution in [-0.4, -0.2) is 33.4 Å². The molecule has 0 aromatic heterocycles. The second-order valence-electron chi connectivity index (χ2n) is 5.83. The molecule has 0 amide bonds. The fraction of sp³-hybridized carbons (Fsp3) is 0.667. The van der Waals surface area contributed by atoms with Crippen molar-refractivity contribution in [3.05, 3.63) is 11.5 Å². The molecule has 8 nitrogen and oxygen atoms in total. The first-order valence-electron chi connectivity index (χ1n) is 5.76. The summed E-state index contributed by atoms with van der Waals surface area (Å²) >= 11 is 0. The van der Waals surface area contributed by atoms with Crippen molar-refractivity contribution in [2.24, 2.45) is 0 Å². The maximum atomic E-state index is 11.0. The maximum Gasteiger partial charge on any atom is 0.379 e. The molecule has 0 heterocycles. The summed E-state index contributed by atoms with van der Waals surface area (Å²) < 4.78 is 0. The van der Waals surface area contributed by atoms with Crippen LogP contribution in [0.1, 0.15) is 41.5 Å². The molecule has 0 saturated carbocycles. The van der Waals surface area contributed by atoms with Crippen LogP contribution in [0.4, 0.5) is 0 Å². The first kappa shape index (κ1) is 18.2. The van der Waals surface area contributed by atoms with Gasteiger partial charge >= 0.3 is 23.5 Å². The van der Waals surface area contributed by atoms with Crippen LogP contribution in [0.25, 0.3) is 0 Å². The van der Waals surface area contributed by atoms with E-state index < -0.39 is 34.7 Å². The lowest BCUT2D eigenvalue weighted by Crippen LogP contribution is -2.25. The molecule has 0 aliphatic rings. The zero-order valence-corrected chi connectivity index (χ0v) is 12.3. The molecular weight excluding hydrogens is 272 g/mol. The Morgan fingerprint density at radius 1 is 0.700 bits per heavy atom. The fourth-order valence-electron chi connectivity index (χ4n) is 0.675. The lowest BCUT2D eigenvalue weighted by molar-refractivity contribution is -0.342. The number of carboxylic acids is 2. The minimum Gasteiger partial charge on any atom is -0.475 e. The Labute approximate surface area is 116 Å². The lowest BCUT2D eigenvalue weighted by Gasteiger charge is -2.20. The summed E-state index contributed by atoms with van der Waals surface area (Å²) in [5.74, 6) is -5.36. The minimum absolute atomic E-state index is 0.838. The highest BCUT2D eigenvalue weighted by atomic mass is 17.2. The highest BCUT2D eigenvalue weighted by Gasteiger charge is 2.30. The molecule has 0 radical (unpaired) electrons. The first-order chi connectivity index (χ1) is 8.83. The zero-order chi connectivity index (χ0) is 16.1. The Kier molecular flexibility index (Phi) is 5.98. The Bertz CT molecular complexity index is 359. The molecular formula is C12H20O8. The van der Waals surface area contributed by atoms with E-state index in [1.165, 1.54) is 0 Å². The van der Waals surface area contributed by atoms with Crippen LogP contribution < -0.4 is 0 Å². The van der Waals surface area contributed by atoms with Crippen LogP contribution in [0.5, 0.6) is 0 Å². The third-order valence-corrected chi connectivity index (χ3v) is 1.34. The molecule has 0 bridgehead atoms. The fourth-order valence-corrected chi connectivity index (χ4v) is 0.675. The summed E-state index contributed by atoms with van der Waals surface area (Å²) in [4.78, 5) is 40.7. The average Bonchev–Trinajstić information content (AvgIpc) is 2.18. The van der Waals surface area contributed by atoms with Crippen molar-refractivity contribution in [1.29, 1.82) is 0 Å². The monoisotopic (exact) mass is 292 g/mol. The van der Waals surface area contributed by atoms with Crippen molar-refractivity contribution < 1.29 is 39.4 Å². The molecule has 0 atom stereocenters. The van der Waals surface area contributed by atoms with Gasteiger partial charge in [-0.2, -0.15) is 9.78 Å². The van der Waals surface area contributed by atoms with Gasteiger partial charge in [-0.3, -0.25) is 0 Å². The Morgan fingerprint density at radius 3 is 1.10 bits per heavy atom. The molecule has 0 rings (SSSR count). The van der Waals surface area contributed by atoms with Crippen LogP contribution in [0, 0.1) is 0 Å². The molecule has 116 valence electrons. The van der Waals surface area contributed by atoms with E-state index in [0.29, 0.717) is 0 Å². The largest absolute Gasteiger partial charge is 0.475 e. The summed E-state index contributed by atoms with van der Waals surface area (Å²) in [6.45, 7) is 9.58. The average molecular weight is 292 g/mol. The van der Waals surface area contributed by atoms with Crippen molar-refractivity contribution in [1.82, 2.24) is 0 Å². The van der Waals surface area contributed by atoms with Gasteiger partial charge in [-0.1, -0.05) is 0 Å². The molecule has 0 aromatic rings. The van der Waals surface area contributed by atoms with Gasteiger partial charge in [0.15, 0.2) is 0 Å². The van der Waals surface area contributed by atoms with E-state index in [0.717, 1.165) is 0 Å². The summed E-state index contributed by atoms with van der Waals surface area (Å²) in [6, 6.07) is 0. The van der Waals surface area contributed by atoms with E-state index in [2.05, 4.69) is 9.78 Å². The minimum atomic E-state index is -1.66. The van der Waals surface area contributed by atoms with Gasteiger partial charge in [-0.05, 0) is 41.5 Å². The van der Waals surface area contributed by atoms with E-state index in [9.17, 15) is 9.59 Å². The quantitative estimate of drug-likeness (QED) is 0.330. The number of rotatable bonds is 6. The van der Waals surface area contributed by atoms with Crippen molar-refractivity contribution in [2.75, 3.05) is 0 Å². The molecule has 0 aliphatic heterocycles. The van der Waals surface area contributed by atoms with Gasteiger partial charge in [0.2, 0.25) is 0 Å². The SMILES string of the molecule is CC(C)(C)OO/C(C(=O)O)=C(/OOC(C)(C)C)C(=O)O. The normalized spacial score (nSPS) is 13.5. The number of carbonyl (C=O) groups is 2. The topological polar surface area (TPSA) is 112 Å². The van der Waals surface area contributed by atoms with Crippen molar-refractivity contribution in [3.8, 4) is 0 Å². The molecule has 0 spiro atoms. The van der Waals surface area contributed by atoms with Gasteiger partial charge in [-0.15, -0.1) is 0 Å². The highest BCUT2D eigenvalue weighted by Crippen LogP contribution is 2.18. The van der Waals surface area contributed by atoms with Gasteiger partial charge in [0.05, 0.1) is 0 Å². The third-order valence-electron chi connectivity index (χ3n) is 1.34. The Hall–Kier alpha value is -1.80. The Balaban J connectivity index is 5.25. The van der Waals surface area contributed by atoms with Crippen LogP contribution in [0.2, 0.25) is 0 Å². The van der Waals surface area contributed by atoms with Gasteiger partial charge in [0.25, 0.3) is 0 Å². The lowest BCUT2D eigenvalue weighted by atomic mass is 10.2. The molecule has 0 unspecified atom stereocenters. The predicted molar refractivity (Wildman–Crippen MR) is 66.1 cm³/mol. The van der Waals surface area contributed by atoms with Crippen molar-refractivity contribution in [3.63, 3.8) is 0 Å². The molecule has 0 aromatic carbocycles. The van der Waals surface area contributed by atoms with E-state index in [1.807, 2.05) is 0 Å².